The van der Waals surface area contributed by atoms with Crippen LogP contribution in [0, 0.1) is 5.92 Å². The first-order valence-electron chi connectivity index (χ1n) is 10.3. The molecular weight excluding hydrogens is 348 g/mol. The molecule has 2 aromatic carbocycles. The van der Waals surface area contributed by atoms with E-state index in [4.69, 9.17) is 4.74 Å². The highest BCUT2D eigenvalue weighted by atomic mass is 16.5. The predicted octanol–water partition coefficient (Wildman–Crippen LogP) is 3.70. The molecule has 28 heavy (non-hydrogen) atoms. The lowest BCUT2D eigenvalue weighted by molar-refractivity contribution is -0.126. The number of hydrogen-bond donors (Lipinski definition) is 1. The fourth-order valence-corrected chi connectivity index (χ4v) is 3.93. The van der Waals surface area contributed by atoms with Gasteiger partial charge in [0.2, 0.25) is 5.91 Å². The molecule has 1 aliphatic heterocycles. The maximum atomic E-state index is 12.5. The zero-order valence-corrected chi connectivity index (χ0v) is 17.1. The van der Waals surface area contributed by atoms with Gasteiger partial charge in [0, 0.05) is 6.54 Å². The summed E-state index contributed by atoms with van der Waals surface area (Å²) in [4.78, 5) is 14.9. The molecule has 0 aliphatic carbocycles. The number of benzene rings is 2. The van der Waals surface area contributed by atoms with Crippen LogP contribution >= 0.6 is 0 Å². The Morgan fingerprint density at radius 1 is 1.07 bits per heavy atom. The largest absolute Gasteiger partial charge is 0.497 e. The molecule has 0 aromatic heterocycles. The molecule has 1 N–H and O–H groups in total. The van der Waals surface area contributed by atoms with Crippen LogP contribution in [0.2, 0.25) is 0 Å². The van der Waals surface area contributed by atoms with Gasteiger partial charge in [-0.05, 0) is 74.9 Å². The third kappa shape index (κ3) is 5.83. The summed E-state index contributed by atoms with van der Waals surface area (Å²) in [6.07, 6.45) is 4.31. The number of likely N-dealkylation sites (tertiary alicyclic amines) is 1. The molecule has 0 spiro atoms. The quantitative estimate of drug-likeness (QED) is 0.759. The number of piperidine rings is 1. The molecule has 150 valence electrons. The second-order valence-electron chi connectivity index (χ2n) is 7.73. The Kier molecular flexibility index (Phi) is 7.49. The van der Waals surface area contributed by atoms with E-state index in [9.17, 15) is 4.79 Å². The van der Waals surface area contributed by atoms with Gasteiger partial charge in [0.05, 0.1) is 13.2 Å². The van der Waals surface area contributed by atoms with Crippen molar-refractivity contribution in [1.29, 1.82) is 0 Å². The maximum Gasteiger partial charge on any atom is 0.237 e. The molecule has 0 saturated carbocycles. The fourth-order valence-electron chi connectivity index (χ4n) is 3.93. The van der Waals surface area contributed by atoms with E-state index in [1.807, 2.05) is 31.2 Å². The van der Waals surface area contributed by atoms with Gasteiger partial charge in [0.25, 0.3) is 0 Å². The van der Waals surface area contributed by atoms with E-state index >= 15 is 0 Å². The zero-order valence-electron chi connectivity index (χ0n) is 17.1. The van der Waals surface area contributed by atoms with Crippen molar-refractivity contribution in [2.75, 3.05) is 26.7 Å². The van der Waals surface area contributed by atoms with Gasteiger partial charge < -0.3 is 10.1 Å². The SMILES string of the molecule is COc1ccc(CCNC(=O)[C@@H](C)N2CCC(Cc3ccccc3)CC2)cc1. The fraction of sp³-hybridized carbons (Fsp3) is 0.458. The highest BCUT2D eigenvalue weighted by Crippen LogP contribution is 2.23. The molecule has 3 rings (SSSR count). The minimum absolute atomic E-state index is 0.0615. The number of carbonyl (C=O) groups excluding carboxylic acids is 1. The predicted molar refractivity (Wildman–Crippen MR) is 114 cm³/mol. The Labute approximate surface area is 168 Å². The van der Waals surface area contributed by atoms with Crippen molar-refractivity contribution in [1.82, 2.24) is 10.2 Å². The van der Waals surface area contributed by atoms with Crippen molar-refractivity contribution < 1.29 is 9.53 Å². The minimum Gasteiger partial charge on any atom is -0.497 e. The van der Waals surface area contributed by atoms with Gasteiger partial charge in [-0.3, -0.25) is 9.69 Å². The van der Waals surface area contributed by atoms with E-state index in [2.05, 4.69) is 40.5 Å². The van der Waals surface area contributed by atoms with Gasteiger partial charge in [-0.15, -0.1) is 0 Å². The molecule has 0 radical (unpaired) electrons. The first-order chi connectivity index (χ1) is 13.7. The lowest BCUT2D eigenvalue weighted by Crippen LogP contribution is -2.48. The first-order valence-corrected chi connectivity index (χ1v) is 10.3. The average molecular weight is 381 g/mol. The van der Waals surface area contributed by atoms with Crippen LogP contribution in [0.25, 0.3) is 0 Å². The molecule has 0 unspecified atom stereocenters. The number of ether oxygens (including phenoxy) is 1. The van der Waals surface area contributed by atoms with Crippen LogP contribution in [0.1, 0.15) is 30.9 Å². The normalized spacial score (nSPS) is 16.5. The van der Waals surface area contributed by atoms with Gasteiger partial charge in [-0.2, -0.15) is 0 Å². The summed E-state index contributed by atoms with van der Waals surface area (Å²) in [6.45, 7) is 4.70. The van der Waals surface area contributed by atoms with Crippen LogP contribution in [0.3, 0.4) is 0 Å². The molecule has 1 fully saturated rings. The maximum absolute atomic E-state index is 12.5. The molecule has 4 nitrogen and oxygen atoms in total. The van der Waals surface area contributed by atoms with E-state index in [1.54, 1.807) is 7.11 Å². The second kappa shape index (κ2) is 10.3. The van der Waals surface area contributed by atoms with Crippen molar-refractivity contribution in [3.8, 4) is 5.75 Å². The van der Waals surface area contributed by atoms with Crippen LogP contribution in [0.15, 0.2) is 54.6 Å². The van der Waals surface area contributed by atoms with Gasteiger partial charge in [0.15, 0.2) is 0 Å². The van der Waals surface area contributed by atoms with E-state index in [-0.39, 0.29) is 11.9 Å². The van der Waals surface area contributed by atoms with Gasteiger partial charge in [-0.25, -0.2) is 0 Å². The Morgan fingerprint density at radius 3 is 2.39 bits per heavy atom. The molecule has 1 amide bonds. The standard InChI is InChI=1S/C24H32N2O2/c1-19(24(27)25-15-12-20-8-10-23(28-2)11-9-20)26-16-13-22(14-17-26)18-21-6-4-3-5-7-21/h3-11,19,22H,12-18H2,1-2H3,(H,25,27)/t19-/m1/s1. The number of hydrogen-bond acceptors (Lipinski definition) is 3. The molecular formula is C24H32N2O2. The van der Waals surface area contributed by atoms with Crippen LogP contribution < -0.4 is 10.1 Å². The summed E-state index contributed by atoms with van der Waals surface area (Å²) < 4.78 is 5.18. The molecule has 2 aromatic rings. The Bertz CT molecular complexity index is 722. The number of rotatable bonds is 8. The van der Waals surface area contributed by atoms with Gasteiger partial charge in [0.1, 0.15) is 5.75 Å². The van der Waals surface area contributed by atoms with Gasteiger partial charge >= 0.3 is 0 Å². The first kappa shape index (κ1) is 20.4. The number of carbonyl (C=O) groups is 1. The summed E-state index contributed by atoms with van der Waals surface area (Å²) in [6, 6.07) is 18.7. The summed E-state index contributed by atoms with van der Waals surface area (Å²) in [7, 11) is 1.67. The van der Waals surface area contributed by atoms with Gasteiger partial charge in [-0.1, -0.05) is 42.5 Å². The molecule has 1 atom stereocenters. The molecule has 1 aliphatic rings. The van der Waals surface area contributed by atoms with Crippen LogP contribution in [0.5, 0.6) is 5.75 Å². The topological polar surface area (TPSA) is 41.6 Å². The Balaban J connectivity index is 1.37. The number of nitrogens with one attached hydrogen (secondary N) is 1. The van der Waals surface area contributed by atoms with Crippen LogP contribution in [-0.2, 0) is 17.6 Å². The second-order valence-corrected chi connectivity index (χ2v) is 7.73. The minimum atomic E-state index is -0.0615. The summed E-state index contributed by atoms with van der Waals surface area (Å²) in [5.41, 5.74) is 2.63. The monoisotopic (exact) mass is 380 g/mol. The van der Waals surface area contributed by atoms with E-state index in [1.165, 1.54) is 24.0 Å². The number of methoxy groups -OCH3 is 1. The lowest BCUT2D eigenvalue weighted by Gasteiger charge is -2.35. The highest BCUT2D eigenvalue weighted by Gasteiger charge is 2.26. The molecule has 1 heterocycles. The Hall–Kier alpha value is -2.33. The zero-order chi connectivity index (χ0) is 19.8. The van der Waals surface area contributed by atoms with Crippen molar-refractivity contribution in [2.45, 2.75) is 38.6 Å². The van der Waals surface area contributed by atoms with Crippen LogP contribution in [0.4, 0.5) is 0 Å². The Morgan fingerprint density at radius 2 is 1.75 bits per heavy atom. The smallest absolute Gasteiger partial charge is 0.237 e. The van der Waals surface area contributed by atoms with Crippen molar-refractivity contribution in [3.05, 3.63) is 65.7 Å². The van der Waals surface area contributed by atoms with E-state index in [0.29, 0.717) is 6.54 Å². The van der Waals surface area contributed by atoms with E-state index < -0.39 is 0 Å². The third-order valence-electron chi connectivity index (χ3n) is 5.82. The number of nitrogens with zero attached hydrogens (tertiary/aromatic N) is 1. The lowest BCUT2D eigenvalue weighted by atomic mass is 9.89. The van der Waals surface area contributed by atoms with Crippen molar-refractivity contribution in [2.24, 2.45) is 5.92 Å². The van der Waals surface area contributed by atoms with Crippen molar-refractivity contribution in [3.63, 3.8) is 0 Å². The third-order valence-corrected chi connectivity index (χ3v) is 5.82. The van der Waals surface area contributed by atoms with E-state index in [0.717, 1.165) is 37.6 Å². The average Bonchev–Trinajstić information content (AvgIpc) is 2.75. The summed E-state index contributed by atoms with van der Waals surface area (Å²) in [5.74, 6) is 1.72. The van der Waals surface area contributed by atoms with Crippen molar-refractivity contribution >= 4 is 5.91 Å². The molecule has 0 bridgehead atoms. The molecule has 1 saturated heterocycles. The summed E-state index contributed by atoms with van der Waals surface area (Å²) in [5, 5.41) is 3.10. The number of amides is 1. The highest BCUT2D eigenvalue weighted by molar-refractivity contribution is 5.81. The molecule has 4 heteroatoms. The van der Waals surface area contributed by atoms with Crippen LogP contribution in [-0.4, -0.2) is 43.6 Å². The summed E-state index contributed by atoms with van der Waals surface area (Å²) >= 11 is 0.